The largest absolute Gasteiger partial charge is 0.311 e. The van der Waals surface area contributed by atoms with Gasteiger partial charge >= 0.3 is 0 Å². The molecule has 0 aromatic heterocycles. The smallest absolute Gasteiger partial charge is 0.234 e. The molecule has 0 fully saturated rings. The number of nitrogens with zero attached hydrogens (tertiary/aromatic N) is 1. The van der Waals surface area contributed by atoms with Crippen molar-refractivity contribution in [1.82, 2.24) is 0 Å². The van der Waals surface area contributed by atoms with Gasteiger partial charge in [0.15, 0.2) is 0 Å². The molecular formula is C23H21Cl2NO. The minimum Gasteiger partial charge on any atom is -0.311 e. The van der Waals surface area contributed by atoms with E-state index in [-0.39, 0.29) is 17.7 Å². The molecule has 0 saturated heterocycles. The monoisotopic (exact) mass is 397 g/mol. The van der Waals surface area contributed by atoms with Gasteiger partial charge in [0.1, 0.15) is 0 Å². The molecule has 2 nitrogen and oxygen atoms in total. The third kappa shape index (κ3) is 3.56. The third-order valence-corrected chi connectivity index (χ3v) is 5.89. The van der Waals surface area contributed by atoms with Gasteiger partial charge in [0.2, 0.25) is 5.91 Å². The standard InChI is InChI=1S/C23H21Cl2NO/c1-2-15-7-8-17(18-11-19(24)14-20(25)12-18)13-21(15)23(27)26-10-9-16-5-3-4-6-22(16)26/h3-8,11-15,21H,2,9-10H2,1H3. The molecule has 0 saturated carbocycles. The SMILES string of the molecule is CCC1C=CC(c2cc(Cl)cc(Cl)c2)=CC1C(=O)N1CCc2ccccc21. The molecular weight excluding hydrogens is 377 g/mol. The second-order valence-electron chi connectivity index (χ2n) is 7.11. The number of benzene rings is 2. The fourth-order valence-electron chi connectivity index (χ4n) is 4.02. The highest BCUT2D eigenvalue weighted by Crippen LogP contribution is 2.36. The molecule has 0 N–H and O–H groups in total. The number of hydrogen-bond acceptors (Lipinski definition) is 1. The van der Waals surface area contributed by atoms with Crippen LogP contribution in [0, 0.1) is 11.8 Å². The van der Waals surface area contributed by atoms with Crippen LogP contribution in [-0.2, 0) is 11.2 Å². The summed E-state index contributed by atoms with van der Waals surface area (Å²) in [5.74, 6) is 0.185. The van der Waals surface area contributed by atoms with E-state index >= 15 is 0 Å². The zero-order valence-electron chi connectivity index (χ0n) is 15.2. The highest BCUT2D eigenvalue weighted by atomic mass is 35.5. The normalized spacial score (nSPS) is 21.1. The first-order chi connectivity index (χ1) is 13.1. The van der Waals surface area contributed by atoms with Gasteiger partial charge in [0.05, 0.1) is 5.92 Å². The highest BCUT2D eigenvalue weighted by molar-refractivity contribution is 6.34. The summed E-state index contributed by atoms with van der Waals surface area (Å²) in [6.07, 6.45) is 8.15. The first-order valence-electron chi connectivity index (χ1n) is 9.32. The fourth-order valence-corrected chi connectivity index (χ4v) is 4.55. The van der Waals surface area contributed by atoms with E-state index in [1.54, 1.807) is 6.07 Å². The molecule has 1 amide bonds. The van der Waals surface area contributed by atoms with Gasteiger partial charge < -0.3 is 4.90 Å². The summed E-state index contributed by atoms with van der Waals surface area (Å²) >= 11 is 12.3. The summed E-state index contributed by atoms with van der Waals surface area (Å²) in [6, 6.07) is 13.7. The Labute approximate surface area is 170 Å². The van der Waals surface area contributed by atoms with Gasteiger partial charge in [-0.1, -0.05) is 66.6 Å². The van der Waals surface area contributed by atoms with Crippen molar-refractivity contribution < 1.29 is 4.79 Å². The first kappa shape index (κ1) is 18.3. The fraction of sp³-hybridized carbons (Fsp3) is 0.261. The van der Waals surface area contributed by atoms with Crippen molar-refractivity contribution in [3.8, 4) is 0 Å². The minimum atomic E-state index is -0.182. The van der Waals surface area contributed by atoms with Crippen LogP contribution in [0.4, 0.5) is 5.69 Å². The van der Waals surface area contributed by atoms with Crippen LogP contribution in [0.5, 0.6) is 0 Å². The van der Waals surface area contributed by atoms with Crippen molar-refractivity contribution >= 4 is 40.4 Å². The summed E-state index contributed by atoms with van der Waals surface area (Å²) in [4.78, 5) is 15.4. The molecule has 1 aliphatic carbocycles. The average molecular weight is 398 g/mol. The second kappa shape index (κ2) is 7.53. The Morgan fingerprint density at radius 1 is 1.15 bits per heavy atom. The zero-order chi connectivity index (χ0) is 19.0. The van der Waals surface area contributed by atoms with Gasteiger partial charge in [0, 0.05) is 22.3 Å². The predicted molar refractivity (Wildman–Crippen MR) is 113 cm³/mol. The molecule has 1 aliphatic heterocycles. The van der Waals surface area contributed by atoms with Crippen LogP contribution in [0.15, 0.2) is 60.7 Å². The Morgan fingerprint density at radius 2 is 1.89 bits per heavy atom. The summed E-state index contributed by atoms with van der Waals surface area (Å²) in [5, 5.41) is 1.20. The second-order valence-corrected chi connectivity index (χ2v) is 7.98. The lowest BCUT2D eigenvalue weighted by Gasteiger charge is -2.29. The van der Waals surface area contributed by atoms with Crippen LogP contribution in [-0.4, -0.2) is 12.5 Å². The van der Waals surface area contributed by atoms with Crippen LogP contribution < -0.4 is 4.90 Å². The lowest BCUT2D eigenvalue weighted by atomic mass is 9.81. The molecule has 2 aromatic rings. The maximum atomic E-state index is 13.4. The zero-order valence-corrected chi connectivity index (χ0v) is 16.7. The molecule has 138 valence electrons. The van der Waals surface area contributed by atoms with Crippen LogP contribution in [0.1, 0.15) is 24.5 Å². The lowest BCUT2D eigenvalue weighted by molar-refractivity contribution is -0.121. The minimum absolute atomic E-state index is 0.168. The molecule has 2 aliphatic rings. The number of allylic oxidation sites excluding steroid dienone is 3. The number of carbonyl (C=O) groups excluding carboxylic acids is 1. The quantitative estimate of drug-likeness (QED) is 0.605. The molecule has 2 unspecified atom stereocenters. The van der Waals surface area contributed by atoms with E-state index in [0.29, 0.717) is 10.0 Å². The Hall–Kier alpha value is -2.03. The third-order valence-electron chi connectivity index (χ3n) is 5.45. The van der Waals surface area contributed by atoms with Gasteiger partial charge in [-0.15, -0.1) is 0 Å². The van der Waals surface area contributed by atoms with Crippen LogP contribution in [0.25, 0.3) is 5.57 Å². The Balaban J connectivity index is 1.68. The van der Waals surface area contributed by atoms with E-state index < -0.39 is 0 Å². The Kier molecular flexibility index (Phi) is 5.12. The number of hydrogen-bond donors (Lipinski definition) is 0. The molecule has 4 heteroatoms. The van der Waals surface area contributed by atoms with Crippen molar-refractivity contribution in [2.45, 2.75) is 19.8 Å². The van der Waals surface area contributed by atoms with Crippen molar-refractivity contribution in [1.29, 1.82) is 0 Å². The van der Waals surface area contributed by atoms with Gasteiger partial charge in [-0.05, 0) is 59.7 Å². The highest BCUT2D eigenvalue weighted by Gasteiger charge is 2.33. The molecule has 2 aromatic carbocycles. The van der Waals surface area contributed by atoms with Crippen molar-refractivity contribution in [2.24, 2.45) is 11.8 Å². The number of rotatable bonds is 3. The van der Waals surface area contributed by atoms with Crippen molar-refractivity contribution in [3.63, 3.8) is 0 Å². The van der Waals surface area contributed by atoms with Gasteiger partial charge in [-0.3, -0.25) is 4.79 Å². The molecule has 4 rings (SSSR count). The van der Waals surface area contributed by atoms with E-state index in [0.717, 1.165) is 36.2 Å². The molecule has 27 heavy (non-hydrogen) atoms. The summed E-state index contributed by atoms with van der Waals surface area (Å²) < 4.78 is 0. The Morgan fingerprint density at radius 3 is 2.63 bits per heavy atom. The van der Waals surface area contributed by atoms with Crippen LogP contribution in [0.2, 0.25) is 10.0 Å². The molecule has 1 heterocycles. The summed E-state index contributed by atoms with van der Waals surface area (Å²) in [6.45, 7) is 2.88. The van der Waals surface area contributed by atoms with E-state index in [1.165, 1.54) is 5.56 Å². The lowest BCUT2D eigenvalue weighted by Crippen LogP contribution is -2.37. The number of halogens is 2. The van der Waals surface area contributed by atoms with Gasteiger partial charge in [0.25, 0.3) is 0 Å². The molecule has 0 bridgehead atoms. The van der Waals surface area contributed by atoms with Crippen molar-refractivity contribution in [2.75, 3.05) is 11.4 Å². The summed E-state index contributed by atoms with van der Waals surface area (Å²) in [7, 11) is 0. The number of para-hydroxylation sites is 1. The van der Waals surface area contributed by atoms with Crippen LogP contribution >= 0.6 is 23.2 Å². The van der Waals surface area contributed by atoms with Gasteiger partial charge in [-0.25, -0.2) is 0 Å². The Bertz CT molecular complexity index is 927. The van der Waals surface area contributed by atoms with Crippen molar-refractivity contribution in [3.05, 3.63) is 81.9 Å². The molecule has 2 atom stereocenters. The number of fused-ring (bicyclic) bond motifs is 1. The topological polar surface area (TPSA) is 20.3 Å². The van der Waals surface area contributed by atoms with E-state index in [2.05, 4.69) is 31.2 Å². The van der Waals surface area contributed by atoms with E-state index in [9.17, 15) is 4.79 Å². The summed E-state index contributed by atoms with van der Waals surface area (Å²) in [5.41, 5.74) is 4.23. The number of carbonyl (C=O) groups is 1. The predicted octanol–water partition coefficient (Wildman–Crippen LogP) is 6.18. The maximum Gasteiger partial charge on any atom is 0.234 e. The van der Waals surface area contributed by atoms with Crippen LogP contribution in [0.3, 0.4) is 0 Å². The van der Waals surface area contributed by atoms with E-state index in [4.69, 9.17) is 23.2 Å². The van der Waals surface area contributed by atoms with Gasteiger partial charge in [-0.2, -0.15) is 0 Å². The first-order valence-corrected chi connectivity index (χ1v) is 10.1. The number of amides is 1. The molecule has 0 spiro atoms. The molecule has 0 radical (unpaired) electrons. The average Bonchev–Trinajstić information content (AvgIpc) is 3.10. The number of anilines is 1. The van der Waals surface area contributed by atoms with E-state index in [1.807, 2.05) is 35.2 Å². The maximum absolute atomic E-state index is 13.4.